The van der Waals surface area contributed by atoms with E-state index in [1.165, 1.54) is 24.9 Å². The lowest BCUT2D eigenvalue weighted by Gasteiger charge is -2.11. The van der Waals surface area contributed by atoms with Crippen molar-refractivity contribution >= 4 is 35.1 Å². The lowest BCUT2D eigenvalue weighted by Crippen LogP contribution is -2.21. The minimum Gasteiger partial charge on any atom is -0.495 e. The minimum atomic E-state index is -0.434. The van der Waals surface area contributed by atoms with Gasteiger partial charge in [-0.1, -0.05) is 29.8 Å². The average Bonchev–Trinajstić information content (AvgIpc) is 2.60. The third-order valence-electron chi connectivity index (χ3n) is 3.21. The number of thioether (sulfide) groups is 1. The number of benzene rings is 2. The number of hydrogen-bond donors (Lipinski definition) is 0. The molecular formula is C18H17ClO4S. The standard InChI is InChI=1S/C18H17ClO4S/c1-12(24-14-6-4-3-5-7-14)18(21)23-11-16(20)13-8-9-17(22-2)15(19)10-13/h3-10,12H,11H2,1-2H3. The van der Waals surface area contributed by atoms with Crippen molar-refractivity contribution in [2.45, 2.75) is 17.1 Å². The summed E-state index contributed by atoms with van der Waals surface area (Å²) in [4.78, 5) is 25.1. The maximum Gasteiger partial charge on any atom is 0.319 e. The van der Waals surface area contributed by atoms with E-state index in [2.05, 4.69) is 0 Å². The molecule has 0 fully saturated rings. The van der Waals surface area contributed by atoms with Crippen LogP contribution in [0.2, 0.25) is 5.02 Å². The molecule has 0 heterocycles. The summed E-state index contributed by atoms with van der Waals surface area (Å²) in [6, 6.07) is 14.2. The first-order chi connectivity index (χ1) is 11.5. The van der Waals surface area contributed by atoms with Crippen LogP contribution in [0.15, 0.2) is 53.4 Å². The SMILES string of the molecule is COc1ccc(C(=O)COC(=O)C(C)Sc2ccccc2)cc1Cl. The van der Waals surface area contributed by atoms with Gasteiger partial charge in [0.25, 0.3) is 0 Å². The first kappa shape index (κ1) is 18.4. The first-order valence-corrected chi connectivity index (χ1v) is 8.52. The molecule has 0 saturated heterocycles. The van der Waals surface area contributed by atoms with E-state index in [0.29, 0.717) is 16.3 Å². The van der Waals surface area contributed by atoms with Gasteiger partial charge in [0.05, 0.1) is 12.1 Å². The van der Waals surface area contributed by atoms with Gasteiger partial charge in [0, 0.05) is 10.5 Å². The van der Waals surface area contributed by atoms with Crippen LogP contribution in [0.1, 0.15) is 17.3 Å². The van der Waals surface area contributed by atoms with Crippen LogP contribution < -0.4 is 4.74 Å². The number of halogens is 1. The number of ketones is 1. The topological polar surface area (TPSA) is 52.6 Å². The van der Waals surface area contributed by atoms with Gasteiger partial charge in [-0.3, -0.25) is 9.59 Å². The van der Waals surface area contributed by atoms with Crippen LogP contribution in [0.3, 0.4) is 0 Å². The number of ether oxygens (including phenoxy) is 2. The maximum atomic E-state index is 12.1. The fourth-order valence-corrected chi connectivity index (χ4v) is 3.07. The summed E-state index contributed by atoms with van der Waals surface area (Å²) in [6.45, 7) is 1.43. The normalized spacial score (nSPS) is 11.6. The van der Waals surface area contributed by atoms with Crippen molar-refractivity contribution in [2.75, 3.05) is 13.7 Å². The number of carbonyl (C=O) groups excluding carboxylic acids is 2. The molecule has 0 N–H and O–H groups in total. The molecule has 0 aliphatic carbocycles. The van der Waals surface area contributed by atoms with Crippen LogP contribution in [0, 0.1) is 0 Å². The Morgan fingerprint density at radius 3 is 2.50 bits per heavy atom. The molecule has 0 amide bonds. The van der Waals surface area contributed by atoms with Crippen LogP contribution in [0.25, 0.3) is 0 Å². The van der Waals surface area contributed by atoms with Gasteiger partial charge in [-0.2, -0.15) is 0 Å². The Bertz CT molecular complexity index is 718. The van der Waals surface area contributed by atoms with Crippen molar-refractivity contribution in [3.63, 3.8) is 0 Å². The molecule has 2 aromatic carbocycles. The maximum absolute atomic E-state index is 12.1. The Kier molecular flexibility index (Phi) is 6.70. The van der Waals surface area contributed by atoms with E-state index in [0.717, 1.165) is 4.90 Å². The van der Waals surface area contributed by atoms with Gasteiger partial charge in [-0.05, 0) is 37.3 Å². The van der Waals surface area contributed by atoms with Crippen molar-refractivity contribution in [2.24, 2.45) is 0 Å². The van der Waals surface area contributed by atoms with Crippen LogP contribution in [0.4, 0.5) is 0 Å². The monoisotopic (exact) mass is 364 g/mol. The van der Waals surface area contributed by atoms with Crippen molar-refractivity contribution < 1.29 is 19.1 Å². The molecule has 2 rings (SSSR count). The number of esters is 1. The minimum absolute atomic E-state index is 0.315. The van der Waals surface area contributed by atoms with Crippen molar-refractivity contribution in [3.05, 3.63) is 59.1 Å². The highest BCUT2D eigenvalue weighted by Gasteiger charge is 2.18. The predicted octanol–water partition coefficient (Wildman–Crippen LogP) is 4.26. The molecule has 1 unspecified atom stereocenters. The van der Waals surface area contributed by atoms with Crippen molar-refractivity contribution in [3.8, 4) is 5.75 Å². The molecule has 2 aromatic rings. The smallest absolute Gasteiger partial charge is 0.319 e. The lowest BCUT2D eigenvalue weighted by atomic mass is 10.1. The lowest BCUT2D eigenvalue weighted by molar-refractivity contribution is -0.141. The zero-order valence-corrected chi connectivity index (χ0v) is 14.9. The number of methoxy groups -OCH3 is 1. The highest BCUT2D eigenvalue weighted by Crippen LogP contribution is 2.26. The molecule has 4 nitrogen and oxygen atoms in total. The Balaban J connectivity index is 1.88. The summed E-state index contributed by atoms with van der Waals surface area (Å²) >= 11 is 7.37. The third kappa shape index (κ3) is 5.01. The fraction of sp³-hybridized carbons (Fsp3) is 0.222. The summed E-state index contributed by atoms with van der Waals surface area (Å²) in [5.41, 5.74) is 0.372. The second-order valence-electron chi connectivity index (χ2n) is 4.95. The second kappa shape index (κ2) is 8.76. The van der Waals surface area contributed by atoms with Crippen molar-refractivity contribution in [1.29, 1.82) is 0 Å². The number of carbonyl (C=O) groups is 2. The molecule has 0 bridgehead atoms. The average molecular weight is 365 g/mol. The van der Waals surface area contributed by atoms with Gasteiger partial charge >= 0.3 is 5.97 Å². The summed E-state index contributed by atoms with van der Waals surface area (Å²) < 4.78 is 10.1. The predicted molar refractivity (Wildman–Crippen MR) is 95.1 cm³/mol. The van der Waals surface area contributed by atoms with Gasteiger partial charge in [-0.25, -0.2) is 0 Å². The quantitative estimate of drug-likeness (QED) is 0.417. The molecule has 0 spiro atoms. The largest absolute Gasteiger partial charge is 0.495 e. The first-order valence-electron chi connectivity index (χ1n) is 7.26. The van der Waals surface area contributed by atoms with Gasteiger partial charge < -0.3 is 9.47 Å². The zero-order valence-electron chi connectivity index (χ0n) is 13.3. The highest BCUT2D eigenvalue weighted by molar-refractivity contribution is 8.00. The van der Waals surface area contributed by atoms with Gasteiger partial charge in [0.1, 0.15) is 11.0 Å². The molecule has 0 aliphatic rings. The number of rotatable bonds is 7. The summed E-state index contributed by atoms with van der Waals surface area (Å²) in [5.74, 6) is -0.264. The summed E-state index contributed by atoms with van der Waals surface area (Å²) in [5, 5.41) is -0.0673. The fourth-order valence-electron chi connectivity index (χ4n) is 1.93. The molecular weight excluding hydrogens is 348 g/mol. The van der Waals surface area contributed by atoms with Crippen LogP contribution in [-0.4, -0.2) is 30.7 Å². The number of hydrogen-bond acceptors (Lipinski definition) is 5. The van der Waals surface area contributed by atoms with E-state index in [1.54, 1.807) is 19.1 Å². The molecule has 0 radical (unpaired) electrons. The van der Waals surface area contributed by atoms with E-state index >= 15 is 0 Å². The van der Waals surface area contributed by atoms with Crippen LogP contribution in [-0.2, 0) is 9.53 Å². The molecule has 1 atom stereocenters. The Hall–Kier alpha value is -1.98. The highest BCUT2D eigenvalue weighted by atomic mass is 35.5. The Labute approximate surface area is 150 Å². The molecule has 0 aliphatic heterocycles. The number of Topliss-reactive ketones (excluding diaryl/α,β-unsaturated/α-hetero) is 1. The third-order valence-corrected chi connectivity index (χ3v) is 4.59. The Morgan fingerprint density at radius 2 is 1.88 bits per heavy atom. The summed E-state index contributed by atoms with van der Waals surface area (Å²) in [6.07, 6.45) is 0. The molecule has 126 valence electrons. The van der Waals surface area contributed by atoms with Crippen LogP contribution in [0.5, 0.6) is 5.75 Å². The Morgan fingerprint density at radius 1 is 1.17 bits per heavy atom. The van der Waals surface area contributed by atoms with E-state index in [4.69, 9.17) is 21.1 Å². The van der Waals surface area contributed by atoms with Crippen molar-refractivity contribution in [1.82, 2.24) is 0 Å². The van der Waals surface area contributed by atoms with Gasteiger partial charge in [0.2, 0.25) is 0 Å². The zero-order chi connectivity index (χ0) is 17.5. The molecule has 0 saturated carbocycles. The van der Waals surface area contributed by atoms with Gasteiger partial charge in [-0.15, -0.1) is 11.8 Å². The second-order valence-corrected chi connectivity index (χ2v) is 6.77. The molecule has 6 heteroatoms. The van der Waals surface area contributed by atoms with E-state index in [-0.39, 0.29) is 12.4 Å². The van der Waals surface area contributed by atoms with E-state index in [1.807, 2.05) is 30.3 Å². The van der Waals surface area contributed by atoms with Crippen LogP contribution >= 0.6 is 23.4 Å². The summed E-state index contributed by atoms with van der Waals surface area (Å²) in [7, 11) is 1.50. The van der Waals surface area contributed by atoms with Gasteiger partial charge in [0.15, 0.2) is 12.4 Å². The molecule has 0 aromatic heterocycles. The van der Waals surface area contributed by atoms with E-state index in [9.17, 15) is 9.59 Å². The van der Waals surface area contributed by atoms with E-state index < -0.39 is 11.2 Å². The molecule has 24 heavy (non-hydrogen) atoms.